The zero-order chi connectivity index (χ0) is 29.2. The SMILES string of the molecule is O=C(O)N1CC=C(c2ccc(S(=O)(=O)N3CCC(Nc4ncc(C(F)(F)F)c(OC5CCOC5)n4)CC3)cc2)CC1. The molecular formula is C26H30F3N5O6S. The van der Waals surface area contributed by atoms with E-state index in [2.05, 4.69) is 15.3 Å². The number of carboxylic acid groups (broad SMARTS) is 1. The summed E-state index contributed by atoms with van der Waals surface area (Å²) >= 11 is 0. The van der Waals surface area contributed by atoms with Gasteiger partial charge in [0.05, 0.1) is 18.1 Å². The Balaban J connectivity index is 1.20. The van der Waals surface area contributed by atoms with Gasteiger partial charge in [-0.25, -0.2) is 18.2 Å². The highest BCUT2D eigenvalue weighted by Gasteiger charge is 2.38. The fourth-order valence-corrected chi connectivity index (χ4v) is 6.47. The van der Waals surface area contributed by atoms with E-state index in [1.54, 1.807) is 24.3 Å². The highest BCUT2D eigenvalue weighted by atomic mass is 32.2. The second-order valence-corrected chi connectivity index (χ2v) is 12.0. The average molecular weight is 598 g/mol. The summed E-state index contributed by atoms with van der Waals surface area (Å²) in [5.74, 6) is -0.579. The van der Waals surface area contributed by atoms with Crippen molar-refractivity contribution in [2.45, 2.75) is 48.9 Å². The van der Waals surface area contributed by atoms with Crippen molar-refractivity contribution in [1.29, 1.82) is 0 Å². The molecular weight excluding hydrogens is 567 g/mol. The van der Waals surface area contributed by atoms with Crippen molar-refractivity contribution in [3.05, 3.63) is 47.7 Å². The number of rotatable bonds is 7. The molecule has 5 rings (SSSR count). The predicted molar refractivity (Wildman–Crippen MR) is 141 cm³/mol. The fraction of sp³-hybridized carbons (Fsp3) is 0.500. The molecule has 222 valence electrons. The number of piperidine rings is 1. The van der Waals surface area contributed by atoms with Gasteiger partial charge in [0, 0.05) is 44.8 Å². The number of sulfonamides is 1. The largest absolute Gasteiger partial charge is 0.471 e. The molecule has 3 aliphatic heterocycles. The lowest BCUT2D eigenvalue weighted by atomic mass is 10.00. The Bertz CT molecular complexity index is 1390. The van der Waals surface area contributed by atoms with Gasteiger partial charge in [-0.15, -0.1) is 0 Å². The Morgan fingerprint density at radius 2 is 1.85 bits per heavy atom. The number of alkyl halides is 3. The number of hydrogen-bond acceptors (Lipinski definition) is 8. The normalized spacial score (nSPS) is 21.0. The lowest BCUT2D eigenvalue weighted by Crippen LogP contribution is -2.42. The molecule has 4 heterocycles. The van der Waals surface area contributed by atoms with E-state index >= 15 is 0 Å². The first-order valence-electron chi connectivity index (χ1n) is 13.2. The second kappa shape index (κ2) is 11.8. The van der Waals surface area contributed by atoms with Crippen LogP contribution in [-0.2, 0) is 20.9 Å². The van der Waals surface area contributed by atoms with Crippen LogP contribution in [0.15, 0.2) is 41.4 Å². The summed E-state index contributed by atoms with van der Waals surface area (Å²) in [6, 6.07) is 6.30. The van der Waals surface area contributed by atoms with Crippen LogP contribution in [0.5, 0.6) is 5.88 Å². The lowest BCUT2D eigenvalue weighted by Gasteiger charge is -2.31. The first-order valence-corrected chi connectivity index (χ1v) is 14.7. The maximum atomic E-state index is 13.5. The monoisotopic (exact) mass is 597 g/mol. The van der Waals surface area contributed by atoms with Crippen LogP contribution in [0.2, 0.25) is 0 Å². The van der Waals surface area contributed by atoms with E-state index < -0.39 is 39.8 Å². The molecule has 1 amide bonds. The quantitative estimate of drug-likeness (QED) is 0.490. The standard InChI is InChI=1S/C26H30F3N5O6S/c27-26(28,29)22-15-30-24(32-23(22)40-20-9-14-39-16-20)31-19-7-12-34(13-8-19)41(37,38)21-3-1-17(2-4-21)18-5-10-33(11-6-18)25(35)36/h1-5,15,19-20H,6-14,16H2,(H,35,36)(H,30,31,32). The van der Waals surface area contributed by atoms with Gasteiger partial charge in [-0.2, -0.15) is 22.5 Å². The van der Waals surface area contributed by atoms with Gasteiger partial charge in [0.1, 0.15) is 11.7 Å². The van der Waals surface area contributed by atoms with Gasteiger partial charge in [-0.1, -0.05) is 18.2 Å². The molecule has 3 aliphatic rings. The smallest absolute Gasteiger partial charge is 0.423 e. The van der Waals surface area contributed by atoms with Gasteiger partial charge >= 0.3 is 12.3 Å². The summed E-state index contributed by atoms with van der Waals surface area (Å²) in [5, 5.41) is 12.1. The summed E-state index contributed by atoms with van der Waals surface area (Å²) in [7, 11) is -3.76. The average Bonchev–Trinajstić information content (AvgIpc) is 3.46. The molecule has 2 saturated heterocycles. The van der Waals surface area contributed by atoms with Gasteiger partial charge in [0.25, 0.3) is 0 Å². The molecule has 2 fully saturated rings. The van der Waals surface area contributed by atoms with Crippen molar-refractivity contribution in [1.82, 2.24) is 19.2 Å². The third-order valence-corrected chi connectivity index (χ3v) is 9.27. The minimum absolute atomic E-state index is 0.0210. The van der Waals surface area contributed by atoms with Gasteiger partial charge in [-0.05, 0) is 42.5 Å². The summed E-state index contributed by atoms with van der Waals surface area (Å²) in [5.41, 5.74) is 0.745. The number of benzene rings is 1. The number of amides is 1. The number of halogens is 3. The van der Waals surface area contributed by atoms with E-state index in [4.69, 9.17) is 14.6 Å². The molecule has 11 nitrogen and oxygen atoms in total. The molecule has 0 saturated carbocycles. The van der Waals surface area contributed by atoms with E-state index in [9.17, 15) is 26.4 Å². The molecule has 0 spiro atoms. The minimum atomic E-state index is -4.68. The molecule has 1 aromatic heterocycles. The molecule has 2 N–H and O–H groups in total. The zero-order valence-electron chi connectivity index (χ0n) is 22.0. The van der Waals surface area contributed by atoms with Crippen molar-refractivity contribution in [2.75, 3.05) is 44.7 Å². The Morgan fingerprint density at radius 3 is 2.44 bits per heavy atom. The maximum Gasteiger partial charge on any atom is 0.423 e. The van der Waals surface area contributed by atoms with Crippen LogP contribution < -0.4 is 10.1 Å². The molecule has 0 radical (unpaired) electrons. The third-order valence-electron chi connectivity index (χ3n) is 7.36. The van der Waals surface area contributed by atoms with Crippen LogP contribution in [0.4, 0.5) is 23.9 Å². The second-order valence-electron chi connectivity index (χ2n) is 10.1. The van der Waals surface area contributed by atoms with Crippen molar-refractivity contribution >= 4 is 27.6 Å². The highest BCUT2D eigenvalue weighted by molar-refractivity contribution is 7.89. The predicted octanol–water partition coefficient (Wildman–Crippen LogP) is 3.70. The molecule has 1 atom stereocenters. The number of aromatic nitrogens is 2. The van der Waals surface area contributed by atoms with Crippen LogP contribution in [0, 0.1) is 0 Å². The summed E-state index contributed by atoms with van der Waals surface area (Å²) in [6.45, 7) is 1.67. The van der Waals surface area contributed by atoms with E-state index in [-0.39, 0.29) is 43.1 Å². The van der Waals surface area contributed by atoms with Crippen LogP contribution in [0.3, 0.4) is 0 Å². The Morgan fingerprint density at radius 1 is 1.12 bits per heavy atom. The first kappa shape index (κ1) is 29.1. The first-order chi connectivity index (χ1) is 19.5. The number of hydrogen-bond donors (Lipinski definition) is 2. The molecule has 15 heteroatoms. The summed E-state index contributed by atoms with van der Waals surface area (Å²) in [4.78, 5) is 20.4. The number of anilines is 1. The number of nitrogens with one attached hydrogen (secondary N) is 1. The third kappa shape index (κ3) is 6.73. The zero-order valence-corrected chi connectivity index (χ0v) is 22.8. The number of ether oxygens (including phenoxy) is 2. The van der Waals surface area contributed by atoms with E-state index in [1.807, 2.05) is 6.08 Å². The summed E-state index contributed by atoms with van der Waals surface area (Å²) in [6.07, 6.45) is -1.84. The van der Waals surface area contributed by atoms with E-state index in [1.165, 1.54) is 9.21 Å². The topological polar surface area (TPSA) is 134 Å². The molecule has 41 heavy (non-hydrogen) atoms. The Kier molecular flexibility index (Phi) is 8.38. The highest BCUT2D eigenvalue weighted by Crippen LogP contribution is 2.36. The van der Waals surface area contributed by atoms with Crippen molar-refractivity contribution in [3.63, 3.8) is 0 Å². The van der Waals surface area contributed by atoms with Gasteiger partial charge in [0.15, 0.2) is 0 Å². The van der Waals surface area contributed by atoms with Gasteiger partial charge < -0.3 is 24.8 Å². The lowest BCUT2D eigenvalue weighted by molar-refractivity contribution is -0.139. The molecule has 0 bridgehead atoms. The van der Waals surface area contributed by atoms with E-state index in [0.29, 0.717) is 45.0 Å². The van der Waals surface area contributed by atoms with Crippen molar-refractivity contribution in [3.8, 4) is 5.88 Å². The molecule has 2 aromatic rings. The Labute approximate surface area is 235 Å². The van der Waals surface area contributed by atoms with Crippen molar-refractivity contribution in [2.24, 2.45) is 0 Å². The van der Waals surface area contributed by atoms with Gasteiger partial charge in [-0.3, -0.25) is 0 Å². The minimum Gasteiger partial charge on any atom is -0.471 e. The van der Waals surface area contributed by atoms with Gasteiger partial charge in [0.2, 0.25) is 21.9 Å². The maximum absolute atomic E-state index is 13.5. The van der Waals surface area contributed by atoms with Crippen LogP contribution >= 0.6 is 0 Å². The molecule has 1 unspecified atom stereocenters. The van der Waals surface area contributed by atoms with Crippen molar-refractivity contribution < 1.29 is 41.0 Å². The Hall–Kier alpha value is -3.43. The van der Waals surface area contributed by atoms with Crippen LogP contribution in [-0.4, -0.2) is 90.3 Å². The molecule has 0 aliphatic carbocycles. The molecule has 1 aromatic carbocycles. The summed E-state index contributed by atoms with van der Waals surface area (Å²) < 4.78 is 79.0. The van der Waals surface area contributed by atoms with E-state index in [0.717, 1.165) is 11.1 Å². The number of carbonyl (C=O) groups is 1. The van der Waals surface area contributed by atoms with Crippen LogP contribution in [0.1, 0.15) is 36.8 Å². The fourth-order valence-electron chi connectivity index (χ4n) is 5.00. The van der Waals surface area contributed by atoms with Crippen LogP contribution in [0.25, 0.3) is 5.57 Å². The number of nitrogens with zero attached hydrogens (tertiary/aromatic N) is 4.